The van der Waals surface area contributed by atoms with Crippen molar-refractivity contribution in [2.75, 3.05) is 19.1 Å². The van der Waals surface area contributed by atoms with E-state index in [1.807, 2.05) is 55.5 Å². The van der Waals surface area contributed by atoms with Crippen LogP contribution in [-0.4, -0.2) is 48.3 Å². The molecule has 6 rings (SSSR count). The van der Waals surface area contributed by atoms with E-state index in [1.165, 1.54) is 19.1 Å². The number of hydrogen-bond donors (Lipinski definition) is 0. The zero-order chi connectivity index (χ0) is 30.1. The first-order chi connectivity index (χ1) is 20.9. The van der Waals surface area contributed by atoms with Crippen molar-refractivity contribution < 1.29 is 23.9 Å². The van der Waals surface area contributed by atoms with Gasteiger partial charge in [-0.15, -0.1) is 0 Å². The van der Waals surface area contributed by atoms with E-state index in [0.29, 0.717) is 39.6 Å². The van der Waals surface area contributed by atoms with Crippen molar-refractivity contribution in [1.29, 1.82) is 0 Å². The Hall–Kier alpha value is -5.50. The molecule has 1 unspecified atom stereocenters. The zero-order valence-corrected chi connectivity index (χ0v) is 24.0. The van der Waals surface area contributed by atoms with Crippen molar-refractivity contribution in [1.82, 2.24) is 4.57 Å². The van der Waals surface area contributed by atoms with Gasteiger partial charge in [-0.25, -0.2) is 4.90 Å². The summed E-state index contributed by atoms with van der Waals surface area (Å²) in [5.41, 5.74) is 3.92. The van der Waals surface area contributed by atoms with Crippen LogP contribution in [0.25, 0.3) is 10.9 Å². The number of fused-ring (bicyclic) bond motifs is 2. The number of methoxy groups -OCH3 is 2. The van der Waals surface area contributed by atoms with Crippen LogP contribution in [0.5, 0.6) is 11.5 Å². The topological polar surface area (TPSA) is 90.2 Å². The van der Waals surface area contributed by atoms with E-state index in [2.05, 4.69) is 0 Å². The third-order valence-corrected chi connectivity index (χ3v) is 7.66. The fraction of sp³-hybridized carbons (Fsp3) is 0.143. The Balaban J connectivity index is 1.47. The van der Waals surface area contributed by atoms with Crippen molar-refractivity contribution >= 4 is 40.0 Å². The highest BCUT2D eigenvalue weighted by atomic mass is 16.5. The van der Waals surface area contributed by atoms with Crippen LogP contribution in [0.15, 0.2) is 108 Å². The van der Waals surface area contributed by atoms with E-state index in [9.17, 15) is 14.4 Å². The second-order valence-electron chi connectivity index (χ2n) is 10.2. The molecular formula is C35H29N3O5. The number of para-hydroxylation sites is 1. The number of benzene rings is 4. The lowest BCUT2D eigenvalue weighted by Gasteiger charge is -2.24. The third kappa shape index (κ3) is 4.97. The minimum atomic E-state index is -0.942. The summed E-state index contributed by atoms with van der Waals surface area (Å²) in [5, 5.41) is 0.832. The number of aliphatic imine (C=N–C) groups is 1. The molecule has 2 amide bonds. The maximum atomic E-state index is 14.4. The van der Waals surface area contributed by atoms with Crippen molar-refractivity contribution in [2.45, 2.75) is 19.4 Å². The predicted octanol–water partition coefficient (Wildman–Crippen LogP) is 5.95. The van der Waals surface area contributed by atoms with Gasteiger partial charge in [0.2, 0.25) is 0 Å². The van der Waals surface area contributed by atoms with Crippen LogP contribution < -0.4 is 14.4 Å². The first-order valence-electron chi connectivity index (χ1n) is 13.8. The molecule has 0 aliphatic carbocycles. The Morgan fingerprint density at radius 1 is 0.791 bits per heavy atom. The van der Waals surface area contributed by atoms with Crippen molar-refractivity contribution in [3.05, 3.63) is 126 Å². The molecule has 214 valence electrons. The highest BCUT2D eigenvalue weighted by Crippen LogP contribution is 2.38. The molecule has 2 heterocycles. The Kier molecular flexibility index (Phi) is 7.34. The molecule has 0 radical (unpaired) electrons. The van der Waals surface area contributed by atoms with Gasteiger partial charge in [0.25, 0.3) is 17.7 Å². The number of amides is 2. The van der Waals surface area contributed by atoms with Crippen LogP contribution in [0.2, 0.25) is 0 Å². The Morgan fingerprint density at radius 2 is 1.37 bits per heavy atom. The average Bonchev–Trinajstić information content (AvgIpc) is 3.38. The molecule has 0 saturated heterocycles. The molecule has 8 heteroatoms. The summed E-state index contributed by atoms with van der Waals surface area (Å²) in [4.78, 5) is 47.9. The summed E-state index contributed by atoms with van der Waals surface area (Å²) in [7, 11) is 3.03. The van der Waals surface area contributed by atoms with Gasteiger partial charge >= 0.3 is 0 Å². The van der Waals surface area contributed by atoms with Crippen LogP contribution in [0.3, 0.4) is 0 Å². The monoisotopic (exact) mass is 571 g/mol. The number of ether oxygens (including phenoxy) is 2. The first-order valence-corrected chi connectivity index (χ1v) is 13.8. The van der Waals surface area contributed by atoms with E-state index < -0.39 is 17.9 Å². The summed E-state index contributed by atoms with van der Waals surface area (Å²) in [6.07, 6.45) is 1.94. The number of rotatable bonds is 6. The van der Waals surface area contributed by atoms with Crippen LogP contribution in [0, 0.1) is 0 Å². The van der Waals surface area contributed by atoms with E-state index >= 15 is 0 Å². The number of nitrogens with zero attached hydrogens (tertiary/aromatic N) is 3. The maximum absolute atomic E-state index is 14.4. The van der Waals surface area contributed by atoms with Crippen molar-refractivity contribution in [2.24, 2.45) is 4.99 Å². The number of imide groups is 1. The summed E-state index contributed by atoms with van der Waals surface area (Å²) in [6.45, 7) is 1.81. The van der Waals surface area contributed by atoms with Crippen LogP contribution in [0.4, 0.5) is 5.69 Å². The first kappa shape index (κ1) is 27.7. The SMILES string of the molecule is COc1cc2c(cc1OC)N(C(=O)c1ccccc1)C(=O)C(Cc1cn(C(=O)c3ccccc3)c3ccccc13)N=C2C. The molecule has 5 aromatic rings. The second-order valence-corrected chi connectivity index (χ2v) is 10.2. The highest BCUT2D eigenvalue weighted by Gasteiger charge is 2.37. The van der Waals surface area contributed by atoms with E-state index in [1.54, 1.807) is 59.3 Å². The number of anilines is 1. The number of hydrogen-bond acceptors (Lipinski definition) is 6. The van der Waals surface area contributed by atoms with Crippen molar-refractivity contribution in [3.8, 4) is 11.5 Å². The number of benzodiazepines with no additional fused rings is 1. The average molecular weight is 572 g/mol. The molecule has 0 bridgehead atoms. The van der Waals surface area contributed by atoms with Gasteiger partial charge in [0.15, 0.2) is 11.5 Å². The number of aromatic nitrogens is 1. The molecule has 8 nitrogen and oxygen atoms in total. The molecule has 1 atom stereocenters. The molecule has 0 N–H and O–H groups in total. The van der Waals surface area contributed by atoms with Gasteiger partial charge in [-0.05, 0) is 48.9 Å². The van der Waals surface area contributed by atoms with Crippen LogP contribution in [-0.2, 0) is 11.2 Å². The molecule has 0 spiro atoms. The fourth-order valence-corrected chi connectivity index (χ4v) is 5.53. The normalized spacial score (nSPS) is 14.6. The van der Waals surface area contributed by atoms with E-state index in [4.69, 9.17) is 14.5 Å². The quantitative estimate of drug-likeness (QED) is 0.235. The lowest BCUT2D eigenvalue weighted by Crippen LogP contribution is -2.43. The van der Waals surface area contributed by atoms with Gasteiger partial charge in [0.05, 0.1) is 25.4 Å². The number of carbonyl (C=O) groups excluding carboxylic acids is 3. The molecule has 1 aliphatic heterocycles. The minimum absolute atomic E-state index is 0.173. The lowest BCUT2D eigenvalue weighted by atomic mass is 10.0. The predicted molar refractivity (Wildman–Crippen MR) is 166 cm³/mol. The van der Waals surface area contributed by atoms with Crippen molar-refractivity contribution in [3.63, 3.8) is 0 Å². The maximum Gasteiger partial charge on any atom is 0.265 e. The van der Waals surface area contributed by atoms with Crippen LogP contribution in [0.1, 0.15) is 38.8 Å². The summed E-state index contributed by atoms with van der Waals surface area (Å²) in [6, 6.07) is 27.7. The fourth-order valence-electron chi connectivity index (χ4n) is 5.53. The zero-order valence-electron chi connectivity index (χ0n) is 24.0. The Bertz CT molecular complexity index is 1890. The van der Waals surface area contributed by atoms with Gasteiger partial charge in [-0.2, -0.15) is 0 Å². The van der Waals surface area contributed by atoms with Gasteiger partial charge in [-0.1, -0.05) is 54.6 Å². The molecule has 4 aromatic carbocycles. The summed E-state index contributed by atoms with van der Waals surface area (Å²) >= 11 is 0. The third-order valence-electron chi connectivity index (χ3n) is 7.66. The van der Waals surface area contributed by atoms with Gasteiger partial charge < -0.3 is 9.47 Å². The largest absolute Gasteiger partial charge is 0.493 e. The highest BCUT2D eigenvalue weighted by molar-refractivity contribution is 6.26. The van der Waals surface area contributed by atoms with Gasteiger partial charge in [0, 0.05) is 46.5 Å². The van der Waals surface area contributed by atoms with E-state index in [-0.39, 0.29) is 12.3 Å². The molecule has 1 aliphatic rings. The lowest BCUT2D eigenvalue weighted by molar-refractivity contribution is -0.119. The van der Waals surface area contributed by atoms with E-state index in [0.717, 1.165) is 16.5 Å². The van der Waals surface area contributed by atoms with Crippen LogP contribution >= 0.6 is 0 Å². The smallest absolute Gasteiger partial charge is 0.265 e. The Morgan fingerprint density at radius 3 is 2.02 bits per heavy atom. The minimum Gasteiger partial charge on any atom is -0.493 e. The molecule has 0 saturated carbocycles. The summed E-state index contributed by atoms with van der Waals surface area (Å²) < 4.78 is 12.7. The van der Waals surface area contributed by atoms with Gasteiger partial charge in [0.1, 0.15) is 6.04 Å². The standard InChI is InChI=1S/C35H29N3O5/c1-22-27-19-31(42-2)32(43-3)20-30(27)38(34(40)24-14-8-5-9-15-24)35(41)28(36-22)18-25-21-37(29-17-11-10-16-26(25)29)33(39)23-12-6-4-7-13-23/h4-17,19-21,28H,18H2,1-3H3. The number of carbonyl (C=O) groups is 3. The molecular weight excluding hydrogens is 542 g/mol. The molecule has 0 fully saturated rings. The molecule has 1 aromatic heterocycles. The van der Waals surface area contributed by atoms with Gasteiger partial charge in [-0.3, -0.25) is 23.9 Å². The molecule has 43 heavy (non-hydrogen) atoms. The Labute approximate surface area is 248 Å². The summed E-state index contributed by atoms with van der Waals surface area (Å²) in [5.74, 6) is -0.298. The second kappa shape index (κ2) is 11.4.